The molecule has 0 aliphatic carbocycles. The summed E-state index contributed by atoms with van der Waals surface area (Å²) in [7, 11) is 0. The van der Waals surface area contributed by atoms with Gasteiger partial charge >= 0.3 is 5.97 Å². The molecule has 0 saturated heterocycles. The van der Waals surface area contributed by atoms with Crippen LogP contribution in [0.15, 0.2) is 36.4 Å². The number of carboxylic acids is 1. The first-order valence-corrected chi connectivity index (χ1v) is 6.65. The largest absolute Gasteiger partial charge is 0.488 e. The minimum atomic E-state index is -1.11. The van der Waals surface area contributed by atoms with E-state index in [1.807, 2.05) is 22.6 Å². The highest BCUT2D eigenvalue weighted by molar-refractivity contribution is 14.1. The monoisotopic (exact) mass is 390 g/mol. The number of carbonyl (C=O) groups is 1. The summed E-state index contributed by atoms with van der Waals surface area (Å²) in [6, 6.07) is 8.11. The van der Waals surface area contributed by atoms with E-state index >= 15 is 0 Å². The van der Waals surface area contributed by atoms with Gasteiger partial charge in [0.25, 0.3) is 0 Å². The Bertz CT molecular complexity index is 659. The maximum atomic E-state index is 13.0. The van der Waals surface area contributed by atoms with Gasteiger partial charge in [0.15, 0.2) is 11.6 Å². The highest BCUT2D eigenvalue weighted by Gasteiger charge is 2.12. The van der Waals surface area contributed by atoms with Crippen LogP contribution in [0, 0.1) is 15.2 Å². The first kappa shape index (κ1) is 14.7. The van der Waals surface area contributed by atoms with Crippen molar-refractivity contribution >= 4 is 28.6 Å². The van der Waals surface area contributed by atoms with Gasteiger partial charge < -0.3 is 9.84 Å². The van der Waals surface area contributed by atoms with Crippen molar-refractivity contribution in [3.05, 3.63) is 62.7 Å². The Balaban J connectivity index is 2.18. The quantitative estimate of drug-likeness (QED) is 0.808. The fourth-order valence-electron chi connectivity index (χ4n) is 1.59. The second-order valence-electron chi connectivity index (χ2n) is 3.98. The predicted octanol–water partition coefficient (Wildman–Crippen LogP) is 3.85. The highest BCUT2D eigenvalue weighted by Crippen LogP contribution is 2.22. The Labute approximate surface area is 127 Å². The molecule has 0 aliphatic rings. The molecule has 0 heterocycles. The van der Waals surface area contributed by atoms with Crippen molar-refractivity contribution in [3.8, 4) is 5.75 Å². The number of benzene rings is 2. The van der Waals surface area contributed by atoms with Gasteiger partial charge in [-0.25, -0.2) is 13.6 Å². The lowest BCUT2D eigenvalue weighted by molar-refractivity contribution is 0.0691. The summed E-state index contributed by atoms with van der Waals surface area (Å²) in [6.07, 6.45) is 0. The van der Waals surface area contributed by atoms with E-state index in [9.17, 15) is 13.6 Å². The van der Waals surface area contributed by atoms with Gasteiger partial charge in [-0.05, 0) is 58.5 Å². The average molecular weight is 390 g/mol. The molecule has 2 rings (SSSR count). The van der Waals surface area contributed by atoms with Crippen molar-refractivity contribution in [2.75, 3.05) is 0 Å². The highest BCUT2D eigenvalue weighted by atomic mass is 127. The van der Waals surface area contributed by atoms with Crippen LogP contribution in [0.4, 0.5) is 8.78 Å². The molecule has 0 atom stereocenters. The molecule has 0 aromatic heterocycles. The first-order chi connectivity index (χ1) is 9.47. The number of hydrogen-bond acceptors (Lipinski definition) is 2. The van der Waals surface area contributed by atoms with E-state index in [0.29, 0.717) is 5.56 Å². The Morgan fingerprint density at radius 1 is 1.15 bits per heavy atom. The molecule has 0 fully saturated rings. The lowest BCUT2D eigenvalue weighted by atomic mass is 10.2. The summed E-state index contributed by atoms with van der Waals surface area (Å²) in [6.45, 7) is -0.0436. The van der Waals surface area contributed by atoms with Gasteiger partial charge in [0.2, 0.25) is 0 Å². The minimum Gasteiger partial charge on any atom is -0.488 e. The van der Waals surface area contributed by atoms with E-state index < -0.39 is 17.6 Å². The molecule has 0 spiro atoms. The zero-order valence-corrected chi connectivity index (χ0v) is 12.2. The molecule has 104 valence electrons. The van der Waals surface area contributed by atoms with Crippen molar-refractivity contribution < 1.29 is 23.4 Å². The molecule has 2 aromatic rings. The Morgan fingerprint density at radius 3 is 2.55 bits per heavy atom. The van der Waals surface area contributed by atoms with Gasteiger partial charge in [-0.15, -0.1) is 0 Å². The lowest BCUT2D eigenvalue weighted by Crippen LogP contribution is -2.04. The molecule has 0 aliphatic heterocycles. The fraction of sp³-hybridized carbons (Fsp3) is 0.0714. The van der Waals surface area contributed by atoms with Crippen LogP contribution >= 0.6 is 22.6 Å². The number of hydrogen-bond donors (Lipinski definition) is 1. The summed E-state index contributed by atoms with van der Waals surface area (Å²) in [5.74, 6) is -2.83. The number of halogens is 3. The van der Waals surface area contributed by atoms with E-state index in [4.69, 9.17) is 9.84 Å². The van der Waals surface area contributed by atoms with Gasteiger partial charge in [-0.2, -0.15) is 0 Å². The molecule has 6 heteroatoms. The second kappa shape index (κ2) is 6.17. The van der Waals surface area contributed by atoms with E-state index in [1.165, 1.54) is 18.2 Å². The maximum absolute atomic E-state index is 13.0. The minimum absolute atomic E-state index is 0.0273. The normalized spacial score (nSPS) is 10.3. The molecule has 2 aromatic carbocycles. The SMILES string of the molecule is O=C(O)c1cc(I)ccc1OCc1ccc(F)c(F)c1. The summed E-state index contributed by atoms with van der Waals surface area (Å²) >= 11 is 1.99. The van der Waals surface area contributed by atoms with Crippen molar-refractivity contribution in [3.63, 3.8) is 0 Å². The Morgan fingerprint density at radius 2 is 1.90 bits per heavy atom. The van der Waals surface area contributed by atoms with Crippen LogP contribution in [0.2, 0.25) is 0 Å². The van der Waals surface area contributed by atoms with Crippen molar-refractivity contribution in [2.24, 2.45) is 0 Å². The van der Waals surface area contributed by atoms with E-state index in [0.717, 1.165) is 15.7 Å². The smallest absolute Gasteiger partial charge is 0.339 e. The van der Waals surface area contributed by atoms with Crippen LogP contribution in [0.1, 0.15) is 15.9 Å². The third kappa shape index (κ3) is 3.44. The van der Waals surface area contributed by atoms with Gasteiger partial charge in [0.05, 0.1) is 0 Å². The van der Waals surface area contributed by atoms with Crippen LogP contribution in [0.3, 0.4) is 0 Å². The van der Waals surface area contributed by atoms with E-state index in [2.05, 4.69) is 0 Å². The van der Waals surface area contributed by atoms with Gasteiger partial charge in [-0.1, -0.05) is 6.07 Å². The fourth-order valence-corrected chi connectivity index (χ4v) is 2.08. The second-order valence-corrected chi connectivity index (χ2v) is 5.23. The zero-order chi connectivity index (χ0) is 14.7. The molecule has 0 saturated carbocycles. The van der Waals surface area contributed by atoms with Crippen LogP contribution < -0.4 is 4.74 Å². The number of rotatable bonds is 4. The van der Waals surface area contributed by atoms with E-state index in [-0.39, 0.29) is 17.9 Å². The summed E-state index contributed by atoms with van der Waals surface area (Å²) in [5, 5.41) is 9.07. The standard InChI is InChI=1S/C14H9F2IO3/c15-11-3-1-8(5-12(11)16)7-20-13-4-2-9(17)6-10(13)14(18)19/h1-6H,7H2,(H,18,19). The van der Waals surface area contributed by atoms with Crippen LogP contribution in [-0.2, 0) is 6.61 Å². The molecular formula is C14H9F2IO3. The molecule has 0 bridgehead atoms. The Hall–Kier alpha value is -1.70. The Kier molecular flexibility index (Phi) is 4.53. The third-order valence-electron chi connectivity index (χ3n) is 2.55. The predicted molar refractivity (Wildman–Crippen MR) is 76.8 cm³/mol. The third-order valence-corrected chi connectivity index (χ3v) is 3.22. The molecule has 0 radical (unpaired) electrons. The number of ether oxygens (including phenoxy) is 1. The van der Waals surface area contributed by atoms with Crippen LogP contribution in [0.5, 0.6) is 5.75 Å². The molecular weight excluding hydrogens is 381 g/mol. The molecule has 20 heavy (non-hydrogen) atoms. The summed E-state index contributed by atoms with van der Waals surface area (Å²) < 4.78 is 31.9. The number of aromatic carboxylic acids is 1. The zero-order valence-electron chi connectivity index (χ0n) is 10.1. The molecule has 3 nitrogen and oxygen atoms in total. The van der Waals surface area contributed by atoms with Gasteiger partial charge in [-0.3, -0.25) is 0 Å². The van der Waals surface area contributed by atoms with Crippen molar-refractivity contribution in [1.29, 1.82) is 0 Å². The van der Waals surface area contributed by atoms with Crippen LogP contribution in [-0.4, -0.2) is 11.1 Å². The van der Waals surface area contributed by atoms with Crippen molar-refractivity contribution in [1.82, 2.24) is 0 Å². The molecule has 1 N–H and O–H groups in total. The van der Waals surface area contributed by atoms with E-state index in [1.54, 1.807) is 6.07 Å². The number of carboxylic acid groups (broad SMARTS) is 1. The lowest BCUT2D eigenvalue weighted by Gasteiger charge is -2.09. The van der Waals surface area contributed by atoms with Crippen molar-refractivity contribution in [2.45, 2.75) is 6.61 Å². The first-order valence-electron chi connectivity index (χ1n) is 5.57. The topological polar surface area (TPSA) is 46.5 Å². The summed E-state index contributed by atoms with van der Waals surface area (Å²) in [4.78, 5) is 11.1. The maximum Gasteiger partial charge on any atom is 0.339 e. The summed E-state index contributed by atoms with van der Waals surface area (Å²) in [5.41, 5.74) is 0.443. The molecule has 0 amide bonds. The van der Waals surface area contributed by atoms with Crippen LogP contribution in [0.25, 0.3) is 0 Å². The van der Waals surface area contributed by atoms with Gasteiger partial charge in [0.1, 0.15) is 17.9 Å². The van der Waals surface area contributed by atoms with Gasteiger partial charge in [0, 0.05) is 3.57 Å². The molecule has 0 unspecified atom stereocenters. The average Bonchev–Trinajstić information content (AvgIpc) is 2.41.